The van der Waals surface area contributed by atoms with Crippen molar-refractivity contribution >= 4 is 33.2 Å². The van der Waals surface area contributed by atoms with Gasteiger partial charge in [-0.15, -0.1) is 0 Å². The predicted octanol–water partition coefficient (Wildman–Crippen LogP) is 6.52. The van der Waals surface area contributed by atoms with E-state index in [1.807, 2.05) is 48.5 Å². The van der Waals surface area contributed by atoms with Crippen LogP contribution in [0, 0.1) is 0 Å². The second-order valence-corrected chi connectivity index (χ2v) is 8.60. The molecule has 3 aromatic rings. The number of para-hydroxylation sites is 1. The molecule has 0 N–H and O–H groups in total. The Balaban J connectivity index is 1.64. The molecule has 3 nitrogen and oxygen atoms in total. The van der Waals surface area contributed by atoms with Crippen LogP contribution in [0.25, 0.3) is 0 Å². The number of hydrogen-bond donors (Lipinski definition) is 0. The summed E-state index contributed by atoms with van der Waals surface area (Å²) in [6, 6.07) is 24.5. The summed E-state index contributed by atoms with van der Waals surface area (Å²) in [6.45, 7) is 2.09. The van der Waals surface area contributed by atoms with E-state index in [2.05, 4.69) is 52.1 Å². The Kier molecular flexibility index (Phi) is 4.22. The van der Waals surface area contributed by atoms with Gasteiger partial charge in [0.1, 0.15) is 5.75 Å². The number of ether oxygens (including phenoxy) is 1. The number of rotatable bonds is 2. The molecule has 0 fully saturated rings. The fraction of sp³-hybridized carbons (Fsp3) is 0.174. The Morgan fingerprint density at radius 3 is 2.50 bits per heavy atom. The van der Waals surface area contributed by atoms with E-state index in [0.717, 1.165) is 38.5 Å². The maximum Gasteiger partial charge on any atom is 0.221 e. The zero-order valence-electron chi connectivity index (χ0n) is 15.3. The lowest BCUT2D eigenvalue weighted by molar-refractivity contribution is -0.112. The van der Waals surface area contributed by atoms with E-state index in [-0.39, 0.29) is 6.04 Å². The van der Waals surface area contributed by atoms with Crippen LogP contribution >= 0.6 is 27.5 Å². The summed E-state index contributed by atoms with van der Waals surface area (Å²) in [6.07, 6.45) is 0.828. The molecule has 2 atom stereocenters. The van der Waals surface area contributed by atoms with Crippen molar-refractivity contribution in [1.82, 2.24) is 5.01 Å². The lowest BCUT2D eigenvalue weighted by atomic mass is 9.92. The van der Waals surface area contributed by atoms with Crippen LogP contribution in [-0.2, 0) is 5.72 Å². The summed E-state index contributed by atoms with van der Waals surface area (Å²) in [5.74, 6) is 0.918. The van der Waals surface area contributed by atoms with Crippen LogP contribution in [0.2, 0.25) is 5.02 Å². The zero-order chi connectivity index (χ0) is 19.3. The zero-order valence-corrected chi connectivity index (χ0v) is 17.6. The molecule has 0 saturated heterocycles. The molecule has 0 amide bonds. The van der Waals surface area contributed by atoms with Crippen molar-refractivity contribution in [2.24, 2.45) is 5.10 Å². The lowest BCUT2D eigenvalue weighted by Gasteiger charge is -2.46. The van der Waals surface area contributed by atoms with E-state index in [4.69, 9.17) is 21.4 Å². The molecule has 0 radical (unpaired) electrons. The first-order valence-electron chi connectivity index (χ1n) is 9.21. The van der Waals surface area contributed by atoms with Gasteiger partial charge in [-0.3, -0.25) is 0 Å². The van der Waals surface area contributed by atoms with E-state index in [0.29, 0.717) is 0 Å². The Bertz CT molecular complexity index is 1060. The Morgan fingerprint density at radius 2 is 1.75 bits per heavy atom. The van der Waals surface area contributed by atoms with Gasteiger partial charge in [0.25, 0.3) is 0 Å². The molecule has 3 aromatic carbocycles. The second kappa shape index (κ2) is 6.64. The molecule has 2 aliphatic heterocycles. The number of hydrazone groups is 1. The van der Waals surface area contributed by atoms with Crippen molar-refractivity contribution in [2.45, 2.75) is 25.1 Å². The fourth-order valence-corrected chi connectivity index (χ4v) is 4.41. The molecule has 0 unspecified atom stereocenters. The molecule has 5 heteroatoms. The van der Waals surface area contributed by atoms with E-state index in [1.54, 1.807) is 0 Å². The van der Waals surface area contributed by atoms with Gasteiger partial charge in [0.05, 0.1) is 11.8 Å². The minimum Gasteiger partial charge on any atom is -0.462 e. The molecule has 0 bridgehead atoms. The molecule has 2 heterocycles. The quantitative estimate of drug-likeness (QED) is 0.441. The van der Waals surface area contributed by atoms with Gasteiger partial charge in [-0.05, 0) is 35.9 Å². The van der Waals surface area contributed by atoms with Gasteiger partial charge >= 0.3 is 0 Å². The highest BCUT2D eigenvalue weighted by molar-refractivity contribution is 9.10. The standard InChI is InChI=1S/C23H18BrClN2O/c1-23(16-8-10-17(24)11-9-16)27-21(19-4-2-3-5-22(19)28-23)14-20(26-27)15-6-12-18(25)13-7-15/h2-13,21H,14H2,1H3/t21-,23+/m1/s1. The highest BCUT2D eigenvalue weighted by Gasteiger charge is 2.48. The Labute approximate surface area is 177 Å². The molecule has 28 heavy (non-hydrogen) atoms. The fourth-order valence-electron chi connectivity index (χ4n) is 4.02. The molecular formula is C23H18BrClN2O. The minimum atomic E-state index is -0.687. The molecule has 0 saturated carbocycles. The van der Waals surface area contributed by atoms with E-state index in [1.165, 1.54) is 5.56 Å². The van der Waals surface area contributed by atoms with Crippen LogP contribution in [0.5, 0.6) is 5.75 Å². The maximum absolute atomic E-state index is 6.55. The van der Waals surface area contributed by atoms with Crippen LogP contribution in [0.1, 0.15) is 36.1 Å². The summed E-state index contributed by atoms with van der Waals surface area (Å²) >= 11 is 9.59. The van der Waals surface area contributed by atoms with Gasteiger partial charge in [0, 0.05) is 34.0 Å². The number of fused-ring (bicyclic) bond motifs is 3. The predicted molar refractivity (Wildman–Crippen MR) is 116 cm³/mol. The molecular weight excluding hydrogens is 436 g/mol. The molecule has 5 rings (SSSR count). The van der Waals surface area contributed by atoms with Crippen molar-refractivity contribution < 1.29 is 4.74 Å². The van der Waals surface area contributed by atoms with Gasteiger partial charge in [-0.25, -0.2) is 5.01 Å². The average Bonchev–Trinajstić information content (AvgIpc) is 3.16. The third-order valence-corrected chi connectivity index (χ3v) is 6.27. The normalized spacial score (nSPS) is 22.9. The van der Waals surface area contributed by atoms with E-state index < -0.39 is 5.72 Å². The van der Waals surface area contributed by atoms with Crippen LogP contribution in [0.4, 0.5) is 0 Å². The molecule has 2 aliphatic rings. The average molecular weight is 454 g/mol. The van der Waals surface area contributed by atoms with Crippen molar-refractivity contribution in [1.29, 1.82) is 0 Å². The molecule has 0 aliphatic carbocycles. The monoisotopic (exact) mass is 452 g/mol. The third kappa shape index (κ3) is 2.83. The van der Waals surface area contributed by atoms with E-state index in [9.17, 15) is 0 Å². The highest BCUT2D eigenvalue weighted by Crippen LogP contribution is 2.50. The Hall–Kier alpha value is -2.30. The third-order valence-electron chi connectivity index (χ3n) is 5.49. The van der Waals surface area contributed by atoms with Crippen LogP contribution < -0.4 is 4.74 Å². The smallest absolute Gasteiger partial charge is 0.221 e. The van der Waals surface area contributed by atoms with E-state index >= 15 is 0 Å². The first kappa shape index (κ1) is 17.8. The van der Waals surface area contributed by atoms with Gasteiger partial charge in [0.2, 0.25) is 5.72 Å². The van der Waals surface area contributed by atoms with Crippen molar-refractivity contribution in [3.63, 3.8) is 0 Å². The summed E-state index contributed by atoms with van der Waals surface area (Å²) in [7, 11) is 0. The van der Waals surface area contributed by atoms with Crippen LogP contribution in [0.15, 0.2) is 82.4 Å². The summed E-state index contributed by atoms with van der Waals surface area (Å²) < 4.78 is 7.59. The minimum absolute atomic E-state index is 0.129. The topological polar surface area (TPSA) is 24.8 Å². The van der Waals surface area contributed by atoms with Gasteiger partial charge in [-0.2, -0.15) is 5.10 Å². The molecule has 0 spiro atoms. The number of hydrogen-bond acceptors (Lipinski definition) is 3. The first-order chi connectivity index (χ1) is 13.5. The van der Waals surface area contributed by atoms with Crippen LogP contribution in [0.3, 0.4) is 0 Å². The summed E-state index contributed by atoms with van der Waals surface area (Å²) in [4.78, 5) is 0. The largest absolute Gasteiger partial charge is 0.462 e. The SMILES string of the molecule is C[C@@]1(c2ccc(Br)cc2)Oc2ccccc2[C@H]2CC(c3ccc(Cl)cc3)=NN21. The van der Waals surface area contributed by atoms with Gasteiger partial charge < -0.3 is 4.74 Å². The number of nitrogens with zero attached hydrogens (tertiary/aromatic N) is 2. The summed E-state index contributed by atoms with van der Waals surface area (Å²) in [5, 5.41) is 7.87. The van der Waals surface area contributed by atoms with Gasteiger partial charge in [-0.1, -0.05) is 70.0 Å². The highest BCUT2D eigenvalue weighted by atomic mass is 79.9. The number of benzene rings is 3. The molecule has 140 valence electrons. The maximum atomic E-state index is 6.55. The van der Waals surface area contributed by atoms with Crippen molar-refractivity contribution in [2.75, 3.05) is 0 Å². The second-order valence-electron chi connectivity index (χ2n) is 7.25. The molecule has 0 aromatic heterocycles. The van der Waals surface area contributed by atoms with Crippen molar-refractivity contribution in [3.8, 4) is 5.75 Å². The van der Waals surface area contributed by atoms with Gasteiger partial charge in [0.15, 0.2) is 0 Å². The number of halogens is 2. The van der Waals surface area contributed by atoms with Crippen LogP contribution in [-0.4, -0.2) is 10.7 Å². The first-order valence-corrected chi connectivity index (χ1v) is 10.4. The Morgan fingerprint density at radius 1 is 1.04 bits per heavy atom. The summed E-state index contributed by atoms with van der Waals surface area (Å²) in [5.41, 5.74) is 3.69. The lowest BCUT2D eigenvalue weighted by Crippen LogP contribution is -2.48. The van der Waals surface area contributed by atoms with Crippen molar-refractivity contribution in [3.05, 3.63) is 99.0 Å².